The molecule has 0 bridgehead atoms. The van der Waals surface area contributed by atoms with E-state index in [2.05, 4.69) is 16.7 Å². The molecule has 32 heavy (non-hydrogen) atoms. The van der Waals surface area contributed by atoms with Crippen LogP contribution in [0, 0.1) is 0 Å². The molecule has 0 aliphatic heterocycles. The summed E-state index contributed by atoms with van der Waals surface area (Å²) in [4.78, 5) is 27.2. The van der Waals surface area contributed by atoms with Gasteiger partial charge in [-0.1, -0.05) is 18.2 Å². The molecule has 0 unspecified atom stereocenters. The number of aromatic nitrogens is 5. The number of fused-ring (bicyclic) bond motifs is 4. The Kier molecular flexibility index (Phi) is 4.95. The summed E-state index contributed by atoms with van der Waals surface area (Å²) in [5.41, 5.74) is 3.43. The van der Waals surface area contributed by atoms with Crippen molar-refractivity contribution in [3.05, 3.63) is 83.4 Å². The number of para-hydroxylation sites is 2. The first kappa shape index (κ1) is 19.6. The highest BCUT2D eigenvalue weighted by Gasteiger charge is 2.19. The summed E-state index contributed by atoms with van der Waals surface area (Å²) in [7, 11) is 0. The van der Waals surface area contributed by atoms with Crippen molar-refractivity contribution < 1.29 is 4.74 Å². The Balaban J connectivity index is 1.74. The molecular weight excluding hydrogens is 404 g/mol. The summed E-state index contributed by atoms with van der Waals surface area (Å²) in [6.45, 7) is 6.62. The molecule has 0 spiro atoms. The van der Waals surface area contributed by atoms with E-state index < -0.39 is 0 Å². The van der Waals surface area contributed by atoms with E-state index in [1.165, 1.54) is 10.9 Å². The van der Waals surface area contributed by atoms with Crippen LogP contribution < -0.4 is 10.3 Å². The van der Waals surface area contributed by atoms with Crippen LogP contribution >= 0.6 is 0 Å². The van der Waals surface area contributed by atoms with E-state index in [9.17, 15) is 4.79 Å². The highest BCUT2D eigenvalue weighted by molar-refractivity contribution is 6.04. The first-order valence-electron chi connectivity index (χ1n) is 10.2. The van der Waals surface area contributed by atoms with Crippen molar-refractivity contribution in [2.75, 3.05) is 6.61 Å². The predicted molar refractivity (Wildman–Crippen MR) is 125 cm³/mol. The molecule has 2 aromatic carbocycles. The molecule has 8 heteroatoms. The quantitative estimate of drug-likeness (QED) is 0.306. The smallest absolute Gasteiger partial charge is 0.265 e. The van der Waals surface area contributed by atoms with E-state index >= 15 is 0 Å². The molecular formula is C24H20N6O2. The summed E-state index contributed by atoms with van der Waals surface area (Å²) in [6.07, 6.45) is 4.84. The Labute approximate surface area is 183 Å². The van der Waals surface area contributed by atoms with Gasteiger partial charge in [-0.05, 0) is 48.9 Å². The number of rotatable bonds is 6. The maximum atomic E-state index is 13.2. The molecule has 3 aromatic heterocycles. The molecule has 8 nitrogen and oxygen atoms in total. The molecule has 3 heterocycles. The van der Waals surface area contributed by atoms with Gasteiger partial charge in [0.15, 0.2) is 11.3 Å². The van der Waals surface area contributed by atoms with Crippen LogP contribution in [0.5, 0.6) is 5.75 Å². The van der Waals surface area contributed by atoms with Gasteiger partial charge in [0.05, 0.1) is 23.9 Å². The van der Waals surface area contributed by atoms with Crippen molar-refractivity contribution in [2.24, 2.45) is 5.10 Å². The average Bonchev–Trinajstić information content (AvgIpc) is 3.12. The van der Waals surface area contributed by atoms with E-state index in [0.717, 1.165) is 11.3 Å². The Hall–Kier alpha value is -4.33. The monoisotopic (exact) mass is 424 g/mol. The van der Waals surface area contributed by atoms with Crippen LogP contribution in [0.3, 0.4) is 0 Å². The van der Waals surface area contributed by atoms with Crippen LogP contribution in [-0.2, 0) is 6.54 Å². The fourth-order valence-corrected chi connectivity index (χ4v) is 3.57. The predicted octanol–water partition coefficient (Wildman–Crippen LogP) is 3.76. The van der Waals surface area contributed by atoms with Crippen LogP contribution in [0.15, 0.2) is 77.4 Å². The molecule has 5 aromatic rings. The standard InChI is InChI=1S/C24H20N6O2/c1-3-13-29-15-25-22-20(24(29)31)21-23(28-19-8-6-5-7-18(19)27-21)30(22)26-14-16-9-11-17(12-10-16)32-4-2/h3,5-12,14-15H,1,4,13H2,2H3/b26-14-. The molecule has 5 rings (SSSR count). The minimum absolute atomic E-state index is 0.209. The maximum Gasteiger partial charge on any atom is 0.265 e. The number of ether oxygens (including phenoxy) is 1. The lowest BCUT2D eigenvalue weighted by atomic mass is 10.2. The SMILES string of the molecule is C=CCn1cnc2c(c1=O)c1nc3ccccc3nc1n2/N=C\c1ccc(OCC)cc1. The topological polar surface area (TPSA) is 87.2 Å². The highest BCUT2D eigenvalue weighted by atomic mass is 16.5. The summed E-state index contributed by atoms with van der Waals surface area (Å²) < 4.78 is 8.55. The molecule has 158 valence electrons. The molecule has 0 aliphatic rings. The number of allylic oxidation sites excluding steroid dienone is 1. The van der Waals surface area contributed by atoms with Gasteiger partial charge in [0.1, 0.15) is 23.0 Å². The summed E-state index contributed by atoms with van der Waals surface area (Å²) in [6, 6.07) is 15.1. The molecule has 0 N–H and O–H groups in total. The minimum atomic E-state index is -0.209. The number of benzene rings is 2. The molecule has 0 radical (unpaired) electrons. The van der Waals surface area contributed by atoms with Gasteiger partial charge >= 0.3 is 0 Å². The van der Waals surface area contributed by atoms with Crippen molar-refractivity contribution in [1.29, 1.82) is 0 Å². The molecule has 0 amide bonds. The van der Waals surface area contributed by atoms with Gasteiger partial charge < -0.3 is 4.74 Å². The van der Waals surface area contributed by atoms with Gasteiger partial charge in [-0.15, -0.1) is 6.58 Å². The van der Waals surface area contributed by atoms with Crippen LogP contribution in [0.2, 0.25) is 0 Å². The lowest BCUT2D eigenvalue weighted by Gasteiger charge is -2.03. The Morgan fingerprint density at radius 2 is 1.81 bits per heavy atom. The maximum absolute atomic E-state index is 13.2. The second-order valence-corrected chi connectivity index (χ2v) is 7.13. The third-order valence-electron chi connectivity index (χ3n) is 5.05. The van der Waals surface area contributed by atoms with Crippen LogP contribution in [0.4, 0.5) is 0 Å². The van der Waals surface area contributed by atoms with E-state index in [1.54, 1.807) is 17.0 Å². The van der Waals surface area contributed by atoms with Gasteiger partial charge in [0.25, 0.3) is 5.56 Å². The fraction of sp³-hybridized carbons (Fsp3) is 0.125. The lowest BCUT2D eigenvalue weighted by molar-refractivity contribution is 0.340. The van der Waals surface area contributed by atoms with Crippen LogP contribution in [0.1, 0.15) is 12.5 Å². The third-order valence-corrected chi connectivity index (χ3v) is 5.05. The van der Waals surface area contributed by atoms with E-state index in [1.807, 2.05) is 55.5 Å². The first-order chi connectivity index (χ1) is 15.7. The molecule has 0 atom stereocenters. The molecule has 0 aliphatic carbocycles. The van der Waals surface area contributed by atoms with Crippen molar-refractivity contribution in [1.82, 2.24) is 24.2 Å². The first-order valence-corrected chi connectivity index (χ1v) is 10.2. The Bertz CT molecular complexity index is 1550. The third kappa shape index (κ3) is 3.31. The second kappa shape index (κ2) is 8.07. The van der Waals surface area contributed by atoms with Crippen molar-refractivity contribution >= 4 is 39.4 Å². The van der Waals surface area contributed by atoms with Gasteiger partial charge in [-0.2, -0.15) is 9.78 Å². The second-order valence-electron chi connectivity index (χ2n) is 7.13. The lowest BCUT2D eigenvalue weighted by Crippen LogP contribution is -2.19. The van der Waals surface area contributed by atoms with E-state index in [0.29, 0.717) is 46.4 Å². The van der Waals surface area contributed by atoms with Crippen LogP contribution in [-0.4, -0.2) is 37.0 Å². The Morgan fingerprint density at radius 3 is 2.53 bits per heavy atom. The van der Waals surface area contributed by atoms with Crippen molar-refractivity contribution in [3.63, 3.8) is 0 Å². The number of hydrogen-bond acceptors (Lipinski definition) is 6. The van der Waals surface area contributed by atoms with Crippen LogP contribution in [0.25, 0.3) is 33.2 Å². The zero-order valence-corrected chi connectivity index (χ0v) is 17.5. The summed E-state index contributed by atoms with van der Waals surface area (Å²) in [5.74, 6) is 0.795. The van der Waals surface area contributed by atoms with E-state index in [4.69, 9.17) is 14.7 Å². The highest BCUT2D eigenvalue weighted by Crippen LogP contribution is 2.25. The van der Waals surface area contributed by atoms with Gasteiger partial charge in [0, 0.05) is 6.54 Å². The molecule has 0 saturated carbocycles. The normalized spacial score (nSPS) is 11.7. The molecule has 0 saturated heterocycles. The largest absolute Gasteiger partial charge is 0.494 e. The van der Waals surface area contributed by atoms with Gasteiger partial charge in [0.2, 0.25) is 0 Å². The Morgan fingerprint density at radius 1 is 1.06 bits per heavy atom. The van der Waals surface area contributed by atoms with Gasteiger partial charge in [-0.3, -0.25) is 9.36 Å². The van der Waals surface area contributed by atoms with Crippen molar-refractivity contribution in [2.45, 2.75) is 13.5 Å². The van der Waals surface area contributed by atoms with Gasteiger partial charge in [-0.25, -0.2) is 15.0 Å². The number of nitrogens with zero attached hydrogens (tertiary/aromatic N) is 6. The summed E-state index contributed by atoms with van der Waals surface area (Å²) in [5, 5.41) is 4.99. The zero-order chi connectivity index (χ0) is 22.1. The zero-order valence-electron chi connectivity index (χ0n) is 17.5. The summed E-state index contributed by atoms with van der Waals surface area (Å²) >= 11 is 0. The molecule has 0 fully saturated rings. The number of hydrogen-bond donors (Lipinski definition) is 0. The average molecular weight is 424 g/mol. The van der Waals surface area contributed by atoms with Crippen molar-refractivity contribution in [3.8, 4) is 5.75 Å². The van der Waals surface area contributed by atoms with E-state index in [-0.39, 0.29) is 5.56 Å². The fourth-order valence-electron chi connectivity index (χ4n) is 3.57. The minimum Gasteiger partial charge on any atom is -0.494 e.